The monoisotopic (exact) mass is 906 g/mol. The Balaban J connectivity index is 0.934. The third-order valence-corrected chi connectivity index (χ3v) is 14.0. The fourth-order valence-corrected chi connectivity index (χ4v) is 10.8. The zero-order chi connectivity index (χ0) is 47.1. The van der Waals surface area contributed by atoms with E-state index in [-0.39, 0.29) is 6.71 Å². The Morgan fingerprint density at radius 1 is 0.239 bits per heavy atom. The van der Waals surface area contributed by atoms with E-state index in [2.05, 4.69) is 305 Å². The van der Waals surface area contributed by atoms with Gasteiger partial charge in [0.25, 0.3) is 6.71 Å². The minimum atomic E-state index is -0.00502. The van der Waals surface area contributed by atoms with Crippen LogP contribution in [0.15, 0.2) is 285 Å². The van der Waals surface area contributed by atoms with Crippen molar-refractivity contribution in [1.29, 1.82) is 0 Å². The molecule has 0 fully saturated rings. The van der Waals surface area contributed by atoms with E-state index in [0.29, 0.717) is 0 Å². The molecule has 4 nitrogen and oxygen atoms in total. The average molecular weight is 907 g/mol. The van der Waals surface area contributed by atoms with Crippen LogP contribution < -0.4 is 36.0 Å². The summed E-state index contributed by atoms with van der Waals surface area (Å²) in [6.07, 6.45) is 0. The maximum atomic E-state index is 2.48. The van der Waals surface area contributed by atoms with Gasteiger partial charge in [0.15, 0.2) is 0 Å². The largest absolute Gasteiger partial charge is 0.311 e. The van der Waals surface area contributed by atoms with Crippen LogP contribution in [-0.4, -0.2) is 6.71 Å². The van der Waals surface area contributed by atoms with Gasteiger partial charge in [0.1, 0.15) is 0 Å². The number of nitrogens with zero attached hydrogens (tertiary/aromatic N) is 4. The number of hydrogen-bond donors (Lipinski definition) is 0. The first-order valence-electron chi connectivity index (χ1n) is 24.4. The van der Waals surface area contributed by atoms with E-state index in [0.717, 1.165) is 56.6 Å². The molecule has 0 bridgehead atoms. The van der Waals surface area contributed by atoms with Crippen LogP contribution in [0.25, 0.3) is 22.3 Å². The van der Waals surface area contributed by atoms with Crippen molar-refractivity contribution >= 4 is 91.3 Å². The lowest BCUT2D eigenvalue weighted by Crippen LogP contribution is -2.61. The molecule has 71 heavy (non-hydrogen) atoms. The molecular formula is C66H47BN4. The van der Waals surface area contributed by atoms with Crippen LogP contribution in [0.4, 0.5) is 68.2 Å². The standard InChI is InChI=1S/C66H47BN4/c1-7-20-52(21-8-1)68(53-22-9-2-10-23-53)58-40-34-48(35-41-58)50-38-44-60-64(46-50)70(56-28-15-5-16-29-56)62-32-19-33-63-66(62)67(60)61-45-39-51(47-65(61)71(63)57-30-17-6-18-31-57)49-36-42-59(43-37-49)69(54-24-11-3-12-25-54)55-26-13-4-14-27-55/h1-47H. The summed E-state index contributed by atoms with van der Waals surface area (Å²) in [5.74, 6) is 0. The van der Waals surface area contributed by atoms with E-state index in [4.69, 9.17) is 0 Å². The van der Waals surface area contributed by atoms with E-state index in [1.807, 2.05) is 0 Å². The van der Waals surface area contributed by atoms with Crippen LogP contribution in [-0.2, 0) is 0 Å². The van der Waals surface area contributed by atoms with E-state index in [1.54, 1.807) is 0 Å². The summed E-state index contributed by atoms with van der Waals surface area (Å²) < 4.78 is 0. The van der Waals surface area contributed by atoms with Gasteiger partial charge >= 0.3 is 0 Å². The highest BCUT2D eigenvalue weighted by Crippen LogP contribution is 2.46. The summed E-state index contributed by atoms with van der Waals surface area (Å²) in [6, 6.07) is 103. The molecule has 334 valence electrons. The average Bonchev–Trinajstić information content (AvgIpc) is 3.45. The number of fused-ring (bicyclic) bond motifs is 4. The Morgan fingerprint density at radius 2 is 0.535 bits per heavy atom. The molecule has 11 aromatic carbocycles. The van der Waals surface area contributed by atoms with Crippen LogP contribution in [0.2, 0.25) is 0 Å². The van der Waals surface area contributed by atoms with Gasteiger partial charge in [-0.15, -0.1) is 0 Å². The van der Waals surface area contributed by atoms with Crippen molar-refractivity contribution in [1.82, 2.24) is 0 Å². The van der Waals surface area contributed by atoms with Gasteiger partial charge in [0.05, 0.1) is 0 Å². The van der Waals surface area contributed by atoms with Crippen LogP contribution in [0, 0.1) is 0 Å². The summed E-state index contributed by atoms with van der Waals surface area (Å²) in [6.45, 7) is -0.00502. The third-order valence-electron chi connectivity index (χ3n) is 14.0. The van der Waals surface area contributed by atoms with Crippen molar-refractivity contribution in [3.63, 3.8) is 0 Å². The van der Waals surface area contributed by atoms with E-state index >= 15 is 0 Å². The molecule has 0 unspecified atom stereocenters. The molecule has 11 aromatic rings. The molecule has 0 saturated carbocycles. The maximum Gasteiger partial charge on any atom is 0.252 e. The zero-order valence-corrected chi connectivity index (χ0v) is 39.0. The number of para-hydroxylation sites is 6. The summed E-state index contributed by atoms with van der Waals surface area (Å²) in [5, 5.41) is 0. The summed E-state index contributed by atoms with van der Waals surface area (Å²) >= 11 is 0. The first kappa shape index (κ1) is 41.8. The van der Waals surface area contributed by atoms with Gasteiger partial charge in [-0.25, -0.2) is 0 Å². The van der Waals surface area contributed by atoms with Crippen molar-refractivity contribution < 1.29 is 0 Å². The minimum Gasteiger partial charge on any atom is -0.311 e. The molecule has 0 aliphatic carbocycles. The molecule has 2 aliphatic heterocycles. The number of rotatable bonds is 10. The van der Waals surface area contributed by atoms with Crippen molar-refractivity contribution in [2.45, 2.75) is 0 Å². The first-order chi connectivity index (χ1) is 35.2. The second-order valence-electron chi connectivity index (χ2n) is 18.1. The smallest absolute Gasteiger partial charge is 0.252 e. The van der Waals surface area contributed by atoms with E-state index < -0.39 is 0 Å². The van der Waals surface area contributed by atoms with E-state index in [1.165, 1.54) is 50.3 Å². The van der Waals surface area contributed by atoms with Gasteiger partial charge in [0, 0.05) is 68.2 Å². The molecule has 5 heteroatoms. The Morgan fingerprint density at radius 3 is 0.873 bits per heavy atom. The van der Waals surface area contributed by atoms with Gasteiger partial charge in [-0.05, 0) is 160 Å². The van der Waals surface area contributed by atoms with Crippen LogP contribution in [0.5, 0.6) is 0 Å². The molecule has 2 heterocycles. The lowest BCUT2D eigenvalue weighted by molar-refractivity contribution is 1.25. The van der Waals surface area contributed by atoms with Crippen molar-refractivity contribution in [3.05, 3.63) is 285 Å². The number of hydrogen-bond acceptors (Lipinski definition) is 4. The Kier molecular flexibility index (Phi) is 10.6. The van der Waals surface area contributed by atoms with Gasteiger partial charge < -0.3 is 19.6 Å². The first-order valence-corrected chi connectivity index (χ1v) is 24.4. The molecule has 0 spiro atoms. The molecule has 0 amide bonds. The fraction of sp³-hybridized carbons (Fsp3) is 0. The van der Waals surface area contributed by atoms with Gasteiger partial charge in [-0.2, -0.15) is 0 Å². The molecule has 0 radical (unpaired) electrons. The van der Waals surface area contributed by atoms with Crippen molar-refractivity contribution in [3.8, 4) is 22.3 Å². The molecule has 0 N–H and O–H groups in total. The highest BCUT2D eigenvalue weighted by atomic mass is 15.2. The van der Waals surface area contributed by atoms with Crippen LogP contribution >= 0.6 is 0 Å². The molecule has 0 aromatic heterocycles. The lowest BCUT2D eigenvalue weighted by atomic mass is 9.33. The molecule has 0 saturated heterocycles. The zero-order valence-electron chi connectivity index (χ0n) is 39.0. The highest BCUT2D eigenvalue weighted by Gasteiger charge is 2.43. The highest BCUT2D eigenvalue weighted by molar-refractivity contribution is 7.00. The van der Waals surface area contributed by atoms with Gasteiger partial charge in [-0.3, -0.25) is 0 Å². The second-order valence-corrected chi connectivity index (χ2v) is 18.1. The SMILES string of the molecule is c1ccc(N(c2ccccc2)c2ccc(-c3ccc4c(c3)N(c3ccccc3)c3cccc5c3B4c3ccc(-c4ccc(N(c6ccccc6)c6ccccc6)cc4)cc3N5c3ccccc3)cc2)cc1. The van der Waals surface area contributed by atoms with Gasteiger partial charge in [-0.1, -0.05) is 164 Å². The van der Waals surface area contributed by atoms with Crippen molar-refractivity contribution in [2.24, 2.45) is 0 Å². The van der Waals surface area contributed by atoms with E-state index in [9.17, 15) is 0 Å². The maximum absolute atomic E-state index is 2.48. The molecule has 2 aliphatic rings. The Bertz CT molecular complexity index is 3310. The lowest BCUT2D eigenvalue weighted by Gasteiger charge is -2.44. The quantitative estimate of drug-likeness (QED) is 0.127. The molecule has 13 rings (SSSR count). The number of anilines is 12. The van der Waals surface area contributed by atoms with Crippen LogP contribution in [0.3, 0.4) is 0 Å². The Hall–Kier alpha value is -9.32. The summed E-state index contributed by atoms with van der Waals surface area (Å²) in [4.78, 5) is 9.58. The normalized spacial score (nSPS) is 12.1. The number of benzene rings is 11. The van der Waals surface area contributed by atoms with Gasteiger partial charge in [0.2, 0.25) is 0 Å². The molecular weight excluding hydrogens is 860 g/mol. The molecule has 0 atom stereocenters. The Labute approximate surface area is 416 Å². The second kappa shape index (κ2) is 18.0. The van der Waals surface area contributed by atoms with Crippen molar-refractivity contribution in [2.75, 3.05) is 19.6 Å². The van der Waals surface area contributed by atoms with Crippen LogP contribution in [0.1, 0.15) is 0 Å². The summed E-state index contributed by atoms with van der Waals surface area (Å²) in [7, 11) is 0. The third kappa shape index (κ3) is 7.52. The minimum absolute atomic E-state index is 0.00502. The predicted octanol–water partition coefficient (Wildman–Crippen LogP) is 16.0. The summed E-state index contributed by atoms with van der Waals surface area (Å²) in [5.41, 5.74) is 22.2. The predicted molar refractivity (Wildman–Crippen MR) is 301 cm³/mol. The fourth-order valence-electron chi connectivity index (χ4n) is 10.8. The topological polar surface area (TPSA) is 13.0 Å².